The van der Waals surface area contributed by atoms with E-state index in [4.69, 9.17) is 16.6 Å². The Morgan fingerprint density at radius 2 is 1.21 bits per heavy atom. The van der Waals surface area contributed by atoms with E-state index in [1.54, 1.807) is 6.07 Å². The molecule has 1 aliphatic rings. The Morgan fingerprint density at radius 3 is 1.77 bits per heavy atom. The fraction of sp³-hybridized carbons (Fsp3) is 0.587. The molecule has 0 spiro atoms. The molecule has 0 heterocycles. The molecule has 1 aromatic rings. The van der Waals surface area contributed by atoms with Crippen LogP contribution in [0.4, 0.5) is 4.79 Å². The van der Waals surface area contributed by atoms with E-state index in [0.29, 0.717) is 62.6 Å². The van der Waals surface area contributed by atoms with Gasteiger partial charge < -0.3 is 74.2 Å². The summed E-state index contributed by atoms with van der Waals surface area (Å²) in [6, 6.07) is -3.61. The number of hydrogen-bond donors (Lipinski definition) is 14. The van der Waals surface area contributed by atoms with Crippen molar-refractivity contribution in [2.75, 3.05) is 19.6 Å². The molecule has 5 atom stereocenters. The van der Waals surface area contributed by atoms with Gasteiger partial charge in [-0.25, -0.2) is 14.4 Å². The molecule has 0 bridgehead atoms. The quantitative estimate of drug-likeness (QED) is 0.0390. The first-order chi connectivity index (χ1) is 33.6. The molecule has 0 aromatic heterocycles. The molecular formula is C46H69N9O16. The molecule has 1 aliphatic carbocycles. The van der Waals surface area contributed by atoms with Crippen LogP contribution in [0.1, 0.15) is 114 Å². The average molecular weight is 1000 g/mol. The molecular weight excluding hydrogens is 935 g/mol. The number of aromatic hydroxyl groups is 1. The number of hydrogen-bond acceptors (Lipinski definition) is 13. The first-order valence-corrected chi connectivity index (χ1v) is 23.5. The van der Waals surface area contributed by atoms with Crippen molar-refractivity contribution in [2.45, 2.75) is 139 Å². The van der Waals surface area contributed by atoms with Gasteiger partial charge in [0.2, 0.25) is 35.4 Å². The Balaban J connectivity index is 1.86. The van der Waals surface area contributed by atoms with E-state index in [2.05, 4.69) is 38.5 Å². The number of amides is 8. The molecule has 0 aliphatic heterocycles. The van der Waals surface area contributed by atoms with Crippen LogP contribution < -0.4 is 48.7 Å². The van der Waals surface area contributed by atoms with Crippen LogP contribution in [0.2, 0.25) is 0 Å². The molecule has 16 N–H and O–H groups in total. The second-order valence-electron chi connectivity index (χ2n) is 17.3. The third-order valence-electron chi connectivity index (χ3n) is 11.7. The maximum absolute atomic E-state index is 13.7. The second kappa shape index (κ2) is 31.7. The zero-order chi connectivity index (χ0) is 53.0. The predicted octanol–water partition coefficient (Wildman–Crippen LogP) is -0.429. The lowest BCUT2D eigenvalue weighted by Crippen LogP contribution is -2.57. The highest BCUT2D eigenvalue weighted by Crippen LogP contribution is 2.28. The highest BCUT2D eigenvalue weighted by Gasteiger charge is 2.31. The van der Waals surface area contributed by atoms with Gasteiger partial charge in [0.15, 0.2) is 0 Å². The number of phenolic OH excluding ortho intramolecular Hbond substituents is 1. The van der Waals surface area contributed by atoms with Crippen molar-refractivity contribution in [3.05, 3.63) is 35.9 Å². The van der Waals surface area contributed by atoms with Crippen molar-refractivity contribution in [2.24, 2.45) is 23.3 Å². The summed E-state index contributed by atoms with van der Waals surface area (Å²) < 4.78 is 0. The smallest absolute Gasteiger partial charge is 0.326 e. The van der Waals surface area contributed by atoms with Gasteiger partial charge >= 0.3 is 29.9 Å². The third-order valence-corrected chi connectivity index (χ3v) is 11.7. The minimum atomic E-state index is -1.58. The van der Waals surface area contributed by atoms with Crippen LogP contribution in [0.15, 0.2) is 24.8 Å². The van der Waals surface area contributed by atoms with Crippen LogP contribution in [-0.4, -0.2) is 141 Å². The summed E-state index contributed by atoms with van der Waals surface area (Å²) in [6.45, 7) is 4.51. The largest absolute Gasteiger partial charge is 0.507 e. The lowest BCUT2D eigenvalue weighted by molar-refractivity contribution is -0.141. The number of primary amides is 1. The van der Waals surface area contributed by atoms with Gasteiger partial charge in [0.1, 0.15) is 36.0 Å². The third kappa shape index (κ3) is 23.7. The Labute approximate surface area is 410 Å². The lowest BCUT2D eigenvalue weighted by Gasteiger charge is -2.28. The van der Waals surface area contributed by atoms with Crippen LogP contribution in [0.5, 0.6) is 5.75 Å². The standard InChI is InChI=1S/C46H69N9O16/c1-2-28-23-27(11-17-35(28)56)24-34(43(66)52-30(40(48)63)7-3-5-21-47)53-42(65)31(15-19-38(59)60)51-37(58)8-4-6-22-49-41(64)29-12-9-26(10-13-29)25-50-36(57)18-14-32(44(67)68)54-46(71)55-33(45(69)70)16-20-39(61)62/h2,11,17,23,26,29-34,56H,1,3-10,12-16,18-22,24-25,47H2,(H2,48,63)(H,49,64)(H,50,57)(H,51,58)(H,52,66)(H,53,65)(H,59,60)(H,61,62)(H,67,68)(H,69,70)(H2,54,55,71). The Hall–Kier alpha value is -7.31. The van der Waals surface area contributed by atoms with Crippen LogP contribution >= 0.6 is 0 Å². The van der Waals surface area contributed by atoms with Gasteiger partial charge in [-0.15, -0.1) is 0 Å². The van der Waals surface area contributed by atoms with Gasteiger partial charge in [-0.1, -0.05) is 18.7 Å². The normalized spacial score (nSPS) is 16.2. The summed E-state index contributed by atoms with van der Waals surface area (Å²) >= 11 is 0. The van der Waals surface area contributed by atoms with Gasteiger partial charge in [-0.05, 0) is 107 Å². The van der Waals surface area contributed by atoms with Gasteiger partial charge in [0, 0.05) is 56.7 Å². The number of nitrogens with one attached hydrogen (secondary N) is 7. The van der Waals surface area contributed by atoms with Gasteiger partial charge in [-0.3, -0.25) is 38.4 Å². The van der Waals surface area contributed by atoms with Crippen LogP contribution in [-0.2, 0) is 54.4 Å². The van der Waals surface area contributed by atoms with E-state index in [1.807, 2.05) is 5.32 Å². The number of urea groups is 1. The molecule has 71 heavy (non-hydrogen) atoms. The van der Waals surface area contributed by atoms with E-state index in [1.165, 1.54) is 18.2 Å². The van der Waals surface area contributed by atoms with E-state index in [-0.39, 0.29) is 81.5 Å². The fourth-order valence-corrected chi connectivity index (χ4v) is 7.62. The molecule has 1 aromatic carbocycles. The van der Waals surface area contributed by atoms with E-state index < -0.39 is 109 Å². The topological polar surface area (TPSA) is 425 Å². The number of benzene rings is 1. The molecule has 0 saturated heterocycles. The van der Waals surface area contributed by atoms with Crippen LogP contribution in [0.3, 0.4) is 0 Å². The summed E-state index contributed by atoms with van der Waals surface area (Å²) in [5.74, 6) is -9.52. The SMILES string of the molecule is C=Cc1cc(CC(NC(=O)C(CCC(=O)O)NC(=O)CCCCNC(=O)C2CCC(CNC(=O)CCC(NC(=O)NC(CCC(=O)O)C(=O)O)C(=O)O)CC2)C(=O)NC(CCCCN)C(N)=O)ccc1O. The fourth-order valence-electron chi connectivity index (χ4n) is 7.62. The zero-order valence-electron chi connectivity index (χ0n) is 39.6. The lowest BCUT2D eigenvalue weighted by atomic mass is 9.81. The van der Waals surface area contributed by atoms with Crippen LogP contribution in [0.25, 0.3) is 6.08 Å². The Bertz CT molecular complexity index is 2040. The minimum absolute atomic E-state index is 0.0412. The molecule has 25 heteroatoms. The van der Waals surface area contributed by atoms with Gasteiger partial charge in [0.05, 0.1) is 0 Å². The summed E-state index contributed by atoms with van der Waals surface area (Å²) in [6.07, 6.45) is 2.98. The van der Waals surface area contributed by atoms with Crippen molar-refractivity contribution < 1.29 is 78.3 Å². The monoisotopic (exact) mass is 1000 g/mol. The maximum atomic E-state index is 13.7. The minimum Gasteiger partial charge on any atom is -0.507 e. The molecule has 1 fully saturated rings. The summed E-state index contributed by atoms with van der Waals surface area (Å²) in [5, 5.41) is 64.4. The summed E-state index contributed by atoms with van der Waals surface area (Å²) in [4.78, 5) is 136. The molecule has 0 radical (unpaired) electrons. The summed E-state index contributed by atoms with van der Waals surface area (Å²) in [5.41, 5.74) is 11.9. The average Bonchev–Trinajstić information content (AvgIpc) is 3.31. The highest BCUT2D eigenvalue weighted by molar-refractivity contribution is 5.94. The molecule has 5 unspecified atom stereocenters. The number of phenols is 1. The zero-order valence-corrected chi connectivity index (χ0v) is 39.6. The Morgan fingerprint density at radius 1 is 0.634 bits per heavy atom. The number of unbranched alkanes of at least 4 members (excludes halogenated alkanes) is 2. The molecule has 1 saturated carbocycles. The van der Waals surface area contributed by atoms with Crippen molar-refractivity contribution >= 4 is 71.4 Å². The van der Waals surface area contributed by atoms with Crippen molar-refractivity contribution in [3.8, 4) is 5.75 Å². The van der Waals surface area contributed by atoms with Gasteiger partial charge in [0.25, 0.3) is 0 Å². The molecule has 394 valence electrons. The number of carbonyl (C=O) groups is 11. The van der Waals surface area contributed by atoms with E-state index in [9.17, 15) is 73.2 Å². The number of nitrogens with two attached hydrogens (primary N) is 2. The Kier molecular flexibility index (Phi) is 26.7. The summed E-state index contributed by atoms with van der Waals surface area (Å²) in [7, 11) is 0. The highest BCUT2D eigenvalue weighted by atomic mass is 16.4. The number of carboxylic acids is 4. The first-order valence-electron chi connectivity index (χ1n) is 23.5. The second-order valence-corrected chi connectivity index (χ2v) is 17.3. The predicted molar refractivity (Wildman–Crippen MR) is 253 cm³/mol. The first kappa shape index (κ1) is 59.8. The van der Waals surface area contributed by atoms with Crippen molar-refractivity contribution in [1.29, 1.82) is 0 Å². The number of carboxylic acid groups (broad SMARTS) is 4. The number of carbonyl (C=O) groups excluding carboxylic acids is 7. The van der Waals surface area contributed by atoms with Crippen LogP contribution in [0, 0.1) is 11.8 Å². The van der Waals surface area contributed by atoms with Gasteiger partial charge in [-0.2, -0.15) is 0 Å². The van der Waals surface area contributed by atoms with E-state index >= 15 is 0 Å². The number of aliphatic carboxylic acids is 4. The van der Waals surface area contributed by atoms with Crippen molar-refractivity contribution in [3.63, 3.8) is 0 Å². The number of rotatable bonds is 34. The maximum Gasteiger partial charge on any atom is 0.326 e. The van der Waals surface area contributed by atoms with Crippen molar-refractivity contribution in [1.82, 2.24) is 37.2 Å². The van der Waals surface area contributed by atoms with E-state index in [0.717, 1.165) is 0 Å². The molecule has 25 nitrogen and oxygen atoms in total. The molecule has 2 rings (SSSR count). The molecule has 8 amide bonds.